The van der Waals surface area contributed by atoms with E-state index in [0.717, 1.165) is 5.01 Å². The van der Waals surface area contributed by atoms with Crippen LogP contribution in [0, 0.1) is 11.3 Å². The molecule has 3 rings (SSSR count). The number of methoxy groups -OCH3 is 1. The summed E-state index contributed by atoms with van der Waals surface area (Å²) in [6, 6.07) is 14.5. The monoisotopic (exact) mass is 508 g/mol. The number of carbonyl (C=O) groups is 1. The smallest absolute Gasteiger partial charge is 0.268 e. The lowest BCUT2D eigenvalue weighted by Gasteiger charge is -2.14. The molecule has 0 unspecified atom stereocenters. The second-order valence-electron chi connectivity index (χ2n) is 7.71. The summed E-state index contributed by atoms with van der Waals surface area (Å²) in [5.74, 6) is 1.93. The highest BCUT2D eigenvalue weighted by atomic mass is 32.1. The molecule has 188 valence electrons. The number of benzene rings is 2. The number of rotatable bonds is 12. The number of hydrogen-bond donors (Lipinski definition) is 1. The van der Waals surface area contributed by atoms with Crippen molar-refractivity contribution in [3.05, 3.63) is 58.6 Å². The Morgan fingerprint density at radius 1 is 1.06 bits per heavy atom. The van der Waals surface area contributed by atoms with Crippen LogP contribution in [0.4, 0.5) is 5.13 Å². The number of carbonyl (C=O) groups excluding carboxylic acids is 1. The molecule has 1 aromatic heterocycles. The molecule has 0 bridgehead atoms. The van der Waals surface area contributed by atoms with Gasteiger partial charge in [0.1, 0.15) is 29.9 Å². The summed E-state index contributed by atoms with van der Waals surface area (Å²) in [4.78, 5) is 12.6. The minimum Gasteiger partial charge on any atom is -0.493 e. The molecule has 0 fully saturated rings. The average molecular weight is 509 g/mol. The van der Waals surface area contributed by atoms with Crippen LogP contribution >= 0.6 is 11.3 Å². The van der Waals surface area contributed by atoms with Crippen LogP contribution < -0.4 is 24.3 Å². The molecule has 36 heavy (non-hydrogen) atoms. The summed E-state index contributed by atoms with van der Waals surface area (Å²) in [5, 5.41) is 21.3. The summed E-state index contributed by atoms with van der Waals surface area (Å²) in [5.41, 5.74) is 0.542. The van der Waals surface area contributed by atoms with Crippen LogP contribution in [0.2, 0.25) is 0 Å². The van der Waals surface area contributed by atoms with Gasteiger partial charge in [-0.2, -0.15) is 5.26 Å². The van der Waals surface area contributed by atoms with Gasteiger partial charge >= 0.3 is 0 Å². The normalized spacial score (nSPS) is 11.1. The van der Waals surface area contributed by atoms with Crippen molar-refractivity contribution >= 4 is 28.5 Å². The van der Waals surface area contributed by atoms with Crippen molar-refractivity contribution < 1.29 is 23.7 Å². The highest BCUT2D eigenvalue weighted by Crippen LogP contribution is 2.30. The van der Waals surface area contributed by atoms with Crippen LogP contribution in [0.1, 0.15) is 37.3 Å². The first-order valence-corrected chi connectivity index (χ1v) is 12.2. The van der Waals surface area contributed by atoms with Crippen molar-refractivity contribution in [1.29, 1.82) is 5.26 Å². The van der Waals surface area contributed by atoms with Crippen LogP contribution in [0.15, 0.2) is 48.0 Å². The molecule has 0 aliphatic heterocycles. The van der Waals surface area contributed by atoms with E-state index in [1.165, 1.54) is 17.4 Å². The summed E-state index contributed by atoms with van der Waals surface area (Å²) in [6.45, 7) is 6.84. The van der Waals surface area contributed by atoms with Gasteiger partial charge in [-0.15, -0.1) is 10.2 Å². The summed E-state index contributed by atoms with van der Waals surface area (Å²) < 4.78 is 22.6. The first kappa shape index (κ1) is 26.5. The van der Waals surface area contributed by atoms with Gasteiger partial charge in [0.25, 0.3) is 5.91 Å². The molecule has 0 atom stereocenters. The predicted octanol–water partition coefficient (Wildman–Crippen LogP) is 5.07. The fourth-order valence-electron chi connectivity index (χ4n) is 3.04. The van der Waals surface area contributed by atoms with Crippen molar-refractivity contribution in [3.63, 3.8) is 0 Å². The van der Waals surface area contributed by atoms with Crippen LogP contribution in [0.25, 0.3) is 6.08 Å². The van der Waals surface area contributed by atoms with E-state index in [2.05, 4.69) is 15.5 Å². The van der Waals surface area contributed by atoms with Gasteiger partial charge in [0, 0.05) is 5.92 Å². The molecule has 0 aliphatic rings. The van der Waals surface area contributed by atoms with Crippen LogP contribution in [-0.4, -0.2) is 43.0 Å². The number of nitrogens with zero attached hydrogens (tertiary/aromatic N) is 3. The Bertz CT molecular complexity index is 1250. The first-order valence-electron chi connectivity index (χ1n) is 11.4. The highest BCUT2D eigenvalue weighted by Gasteiger charge is 2.15. The topological polar surface area (TPSA) is 116 Å². The molecule has 1 heterocycles. The fraction of sp³-hybridized carbons (Fsp3) is 0.308. The molecule has 0 radical (unpaired) electrons. The van der Waals surface area contributed by atoms with Gasteiger partial charge in [0.2, 0.25) is 5.13 Å². The van der Waals surface area contributed by atoms with E-state index in [9.17, 15) is 10.1 Å². The molecule has 0 spiro atoms. The molecule has 1 amide bonds. The molecule has 9 nitrogen and oxygen atoms in total. The lowest BCUT2D eigenvalue weighted by Crippen LogP contribution is -2.13. The quantitative estimate of drug-likeness (QED) is 0.205. The van der Waals surface area contributed by atoms with Gasteiger partial charge in [-0.1, -0.05) is 43.4 Å². The molecule has 0 saturated heterocycles. The second-order valence-corrected chi connectivity index (χ2v) is 8.72. The lowest BCUT2D eigenvalue weighted by atomic mass is 10.1. The predicted molar refractivity (Wildman–Crippen MR) is 138 cm³/mol. The fourth-order valence-corrected chi connectivity index (χ4v) is 3.78. The Hall–Kier alpha value is -4.10. The third kappa shape index (κ3) is 7.20. The number of hydrogen-bond acceptors (Lipinski definition) is 9. The Morgan fingerprint density at radius 2 is 1.75 bits per heavy atom. The molecular weight excluding hydrogens is 480 g/mol. The maximum Gasteiger partial charge on any atom is 0.268 e. The SMILES string of the molecule is CCOc1cc(/C=C(/C#N)C(=O)Nc2nnc(C(C)C)s2)ccc1OCCOc1ccccc1OC. The highest BCUT2D eigenvalue weighted by molar-refractivity contribution is 7.15. The third-order valence-electron chi connectivity index (χ3n) is 4.77. The largest absolute Gasteiger partial charge is 0.493 e. The van der Waals surface area contributed by atoms with Crippen molar-refractivity contribution in [1.82, 2.24) is 10.2 Å². The molecule has 0 aliphatic carbocycles. The van der Waals surface area contributed by atoms with Gasteiger partial charge in [-0.25, -0.2) is 0 Å². The Balaban J connectivity index is 1.66. The van der Waals surface area contributed by atoms with E-state index >= 15 is 0 Å². The van der Waals surface area contributed by atoms with E-state index in [1.807, 2.05) is 51.1 Å². The second kappa shape index (κ2) is 13.1. The van der Waals surface area contributed by atoms with Gasteiger partial charge < -0.3 is 18.9 Å². The van der Waals surface area contributed by atoms with Gasteiger partial charge in [-0.05, 0) is 42.8 Å². The average Bonchev–Trinajstić information content (AvgIpc) is 3.35. The van der Waals surface area contributed by atoms with E-state index in [1.54, 1.807) is 25.3 Å². The molecule has 0 saturated carbocycles. The summed E-state index contributed by atoms with van der Waals surface area (Å²) in [7, 11) is 1.59. The van der Waals surface area contributed by atoms with Crippen molar-refractivity contribution in [2.75, 3.05) is 32.2 Å². The minimum atomic E-state index is -0.560. The number of para-hydroxylation sites is 2. The van der Waals surface area contributed by atoms with Crippen LogP contribution in [-0.2, 0) is 4.79 Å². The van der Waals surface area contributed by atoms with Crippen LogP contribution in [0.3, 0.4) is 0 Å². The molecule has 1 N–H and O–H groups in total. The maximum atomic E-state index is 12.6. The van der Waals surface area contributed by atoms with E-state index in [0.29, 0.717) is 46.9 Å². The van der Waals surface area contributed by atoms with E-state index in [-0.39, 0.29) is 18.1 Å². The van der Waals surface area contributed by atoms with Gasteiger partial charge in [-0.3, -0.25) is 10.1 Å². The lowest BCUT2D eigenvalue weighted by molar-refractivity contribution is -0.112. The summed E-state index contributed by atoms with van der Waals surface area (Å²) >= 11 is 1.28. The van der Waals surface area contributed by atoms with Crippen molar-refractivity contribution in [2.45, 2.75) is 26.7 Å². The number of aromatic nitrogens is 2. The zero-order chi connectivity index (χ0) is 25.9. The van der Waals surface area contributed by atoms with Crippen molar-refractivity contribution in [2.24, 2.45) is 0 Å². The van der Waals surface area contributed by atoms with Crippen LogP contribution in [0.5, 0.6) is 23.0 Å². The zero-order valence-electron chi connectivity index (χ0n) is 20.6. The number of nitriles is 1. The Labute approximate surface area is 214 Å². The summed E-state index contributed by atoms with van der Waals surface area (Å²) in [6.07, 6.45) is 1.48. The van der Waals surface area contributed by atoms with Crippen molar-refractivity contribution in [3.8, 4) is 29.1 Å². The standard InChI is InChI=1S/C26H28N4O5S/c1-5-33-23-15-18(14-19(16-27)24(31)28-26-30-29-25(36-26)17(2)3)10-11-22(23)35-13-12-34-21-9-7-6-8-20(21)32-4/h6-11,14-15,17H,5,12-13H2,1-4H3,(H,28,30,31)/b19-14-. The minimum absolute atomic E-state index is 0.0716. The van der Waals surface area contributed by atoms with Gasteiger partial charge in [0.05, 0.1) is 13.7 Å². The van der Waals surface area contributed by atoms with Gasteiger partial charge in [0.15, 0.2) is 23.0 Å². The third-order valence-corrected chi connectivity index (χ3v) is 5.91. The van der Waals surface area contributed by atoms with E-state index in [4.69, 9.17) is 18.9 Å². The zero-order valence-corrected chi connectivity index (χ0v) is 21.4. The van der Waals surface area contributed by atoms with E-state index < -0.39 is 5.91 Å². The molecule has 3 aromatic rings. The maximum absolute atomic E-state index is 12.6. The first-order chi connectivity index (χ1) is 17.4. The molecule has 2 aromatic carbocycles. The Morgan fingerprint density at radius 3 is 2.36 bits per heavy atom. The molecule has 10 heteroatoms. The number of ether oxygens (including phenoxy) is 4. The Kier molecular flexibility index (Phi) is 9.65. The number of nitrogens with one attached hydrogen (secondary N) is 1. The number of anilines is 1. The number of amides is 1. The molecular formula is C26H28N4O5S.